The Bertz CT molecular complexity index is 564. The monoisotopic (exact) mass is 299 g/mol. The molecule has 0 saturated carbocycles. The Morgan fingerprint density at radius 2 is 1.38 bits per heavy atom. The molecular formula is C17H21N3S. The molecule has 2 aromatic carbocycles. The number of thiocarbonyl (C=S) groups is 1. The van der Waals surface area contributed by atoms with Gasteiger partial charge in [0, 0.05) is 32.9 Å². The highest BCUT2D eigenvalue weighted by atomic mass is 32.1. The second-order valence-electron chi connectivity index (χ2n) is 5.08. The summed E-state index contributed by atoms with van der Waals surface area (Å²) < 4.78 is 0. The summed E-state index contributed by atoms with van der Waals surface area (Å²) in [5.41, 5.74) is 3.63. The lowest BCUT2D eigenvalue weighted by Crippen LogP contribution is -2.34. The van der Waals surface area contributed by atoms with E-state index >= 15 is 0 Å². The third-order valence-corrected chi connectivity index (χ3v) is 3.49. The zero-order valence-electron chi connectivity index (χ0n) is 12.5. The molecule has 0 aliphatic heterocycles. The maximum atomic E-state index is 5.29. The van der Waals surface area contributed by atoms with E-state index in [-0.39, 0.29) is 0 Å². The molecule has 0 unspecified atom stereocenters. The van der Waals surface area contributed by atoms with E-state index in [9.17, 15) is 0 Å². The Balaban J connectivity index is 1.76. The van der Waals surface area contributed by atoms with Crippen molar-refractivity contribution in [3.8, 4) is 0 Å². The molecule has 2 rings (SSSR count). The number of hydrogen-bond acceptors (Lipinski definition) is 2. The lowest BCUT2D eigenvalue weighted by Gasteiger charge is -2.14. The van der Waals surface area contributed by atoms with E-state index in [1.165, 1.54) is 16.8 Å². The van der Waals surface area contributed by atoms with Gasteiger partial charge >= 0.3 is 0 Å². The summed E-state index contributed by atoms with van der Waals surface area (Å²) >= 11 is 5.29. The molecule has 3 nitrogen and oxygen atoms in total. The van der Waals surface area contributed by atoms with Crippen LogP contribution in [0.4, 0.5) is 5.69 Å². The van der Waals surface area contributed by atoms with Gasteiger partial charge in [-0.1, -0.05) is 42.5 Å². The SMILES string of the molecule is CN(C)c1ccc(CNC(=S)NCc2ccccc2)cc1. The highest BCUT2D eigenvalue weighted by Crippen LogP contribution is 2.11. The molecule has 0 aliphatic carbocycles. The third kappa shape index (κ3) is 5.08. The number of benzene rings is 2. The first kappa shape index (κ1) is 15.3. The van der Waals surface area contributed by atoms with Gasteiger partial charge in [-0.25, -0.2) is 0 Å². The second-order valence-corrected chi connectivity index (χ2v) is 5.49. The second kappa shape index (κ2) is 7.64. The molecule has 0 aliphatic rings. The van der Waals surface area contributed by atoms with Gasteiger partial charge in [0.1, 0.15) is 0 Å². The molecule has 21 heavy (non-hydrogen) atoms. The average Bonchev–Trinajstić information content (AvgIpc) is 2.52. The van der Waals surface area contributed by atoms with Crippen LogP contribution in [0.3, 0.4) is 0 Å². The quantitative estimate of drug-likeness (QED) is 0.830. The van der Waals surface area contributed by atoms with Crippen LogP contribution in [0.1, 0.15) is 11.1 Å². The lowest BCUT2D eigenvalue weighted by atomic mass is 10.2. The van der Waals surface area contributed by atoms with E-state index in [4.69, 9.17) is 12.2 Å². The molecular weight excluding hydrogens is 278 g/mol. The fourth-order valence-electron chi connectivity index (χ4n) is 1.93. The summed E-state index contributed by atoms with van der Waals surface area (Å²) in [6, 6.07) is 18.7. The van der Waals surface area contributed by atoms with Crippen LogP contribution in [-0.4, -0.2) is 19.2 Å². The Kier molecular flexibility index (Phi) is 5.58. The molecule has 0 bridgehead atoms. The van der Waals surface area contributed by atoms with Gasteiger partial charge in [-0.3, -0.25) is 0 Å². The van der Waals surface area contributed by atoms with Gasteiger partial charge in [0.15, 0.2) is 5.11 Å². The van der Waals surface area contributed by atoms with Gasteiger partial charge in [-0.15, -0.1) is 0 Å². The summed E-state index contributed by atoms with van der Waals surface area (Å²) in [5.74, 6) is 0. The first-order chi connectivity index (χ1) is 10.1. The van der Waals surface area contributed by atoms with Crippen LogP contribution in [-0.2, 0) is 13.1 Å². The van der Waals surface area contributed by atoms with Crippen molar-refractivity contribution in [3.05, 3.63) is 65.7 Å². The zero-order chi connectivity index (χ0) is 15.1. The van der Waals surface area contributed by atoms with Crippen molar-refractivity contribution < 1.29 is 0 Å². The first-order valence-electron chi connectivity index (χ1n) is 6.97. The first-order valence-corrected chi connectivity index (χ1v) is 7.38. The van der Waals surface area contributed by atoms with Gasteiger partial charge in [0.05, 0.1) is 0 Å². The zero-order valence-corrected chi connectivity index (χ0v) is 13.3. The maximum absolute atomic E-state index is 5.29. The number of hydrogen-bond donors (Lipinski definition) is 2. The smallest absolute Gasteiger partial charge is 0.166 e. The minimum Gasteiger partial charge on any atom is -0.378 e. The van der Waals surface area contributed by atoms with Crippen molar-refractivity contribution in [2.75, 3.05) is 19.0 Å². The molecule has 110 valence electrons. The van der Waals surface area contributed by atoms with Crippen molar-refractivity contribution in [3.63, 3.8) is 0 Å². The van der Waals surface area contributed by atoms with Gasteiger partial charge in [0.25, 0.3) is 0 Å². The van der Waals surface area contributed by atoms with Crippen molar-refractivity contribution in [1.82, 2.24) is 10.6 Å². The minimum atomic E-state index is 0.676. The normalized spacial score (nSPS) is 10.0. The topological polar surface area (TPSA) is 27.3 Å². The Labute approximate surface area is 132 Å². The molecule has 2 N–H and O–H groups in total. The highest BCUT2D eigenvalue weighted by Gasteiger charge is 1.99. The molecule has 0 fully saturated rings. The fraction of sp³-hybridized carbons (Fsp3) is 0.235. The molecule has 0 spiro atoms. The third-order valence-electron chi connectivity index (χ3n) is 3.20. The van der Waals surface area contributed by atoms with Crippen molar-refractivity contribution >= 4 is 23.0 Å². The van der Waals surface area contributed by atoms with Crippen molar-refractivity contribution in [2.45, 2.75) is 13.1 Å². The molecule has 0 atom stereocenters. The van der Waals surface area contributed by atoms with E-state index in [0.717, 1.165) is 13.1 Å². The Morgan fingerprint density at radius 3 is 1.90 bits per heavy atom. The number of nitrogens with one attached hydrogen (secondary N) is 2. The molecule has 0 aromatic heterocycles. The van der Waals surface area contributed by atoms with Crippen molar-refractivity contribution in [1.29, 1.82) is 0 Å². The lowest BCUT2D eigenvalue weighted by molar-refractivity contribution is 0.833. The van der Waals surface area contributed by atoms with E-state index in [1.807, 2.05) is 32.3 Å². The largest absolute Gasteiger partial charge is 0.378 e. The van der Waals surface area contributed by atoms with Crippen LogP contribution < -0.4 is 15.5 Å². The van der Waals surface area contributed by atoms with Crippen molar-refractivity contribution in [2.24, 2.45) is 0 Å². The Morgan fingerprint density at radius 1 is 0.857 bits per heavy atom. The van der Waals surface area contributed by atoms with Crippen LogP contribution >= 0.6 is 12.2 Å². The average molecular weight is 299 g/mol. The predicted octanol–water partition coefficient (Wildman–Crippen LogP) is 2.92. The molecule has 0 radical (unpaired) electrons. The summed E-state index contributed by atoms with van der Waals surface area (Å²) in [5, 5.41) is 7.11. The molecule has 0 amide bonds. The van der Waals surface area contributed by atoms with E-state index in [0.29, 0.717) is 5.11 Å². The summed E-state index contributed by atoms with van der Waals surface area (Å²) in [7, 11) is 4.08. The standard InChI is InChI=1S/C17H21N3S/c1-20(2)16-10-8-15(9-11-16)13-19-17(21)18-12-14-6-4-3-5-7-14/h3-11H,12-13H2,1-2H3,(H2,18,19,21). The minimum absolute atomic E-state index is 0.676. The summed E-state index contributed by atoms with van der Waals surface area (Å²) in [4.78, 5) is 2.09. The predicted molar refractivity (Wildman–Crippen MR) is 93.5 cm³/mol. The molecule has 4 heteroatoms. The van der Waals surface area contributed by atoms with E-state index in [1.54, 1.807) is 0 Å². The van der Waals surface area contributed by atoms with Gasteiger partial charge in [-0.05, 0) is 35.5 Å². The fourth-order valence-corrected chi connectivity index (χ4v) is 2.08. The van der Waals surface area contributed by atoms with Crippen LogP contribution in [0.25, 0.3) is 0 Å². The van der Waals surface area contributed by atoms with Crippen LogP contribution in [0.15, 0.2) is 54.6 Å². The number of rotatable bonds is 5. The van der Waals surface area contributed by atoms with Crippen LogP contribution in [0.5, 0.6) is 0 Å². The van der Waals surface area contributed by atoms with Crippen LogP contribution in [0.2, 0.25) is 0 Å². The maximum Gasteiger partial charge on any atom is 0.166 e. The molecule has 0 heterocycles. The molecule has 2 aromatic rings. The van der Waals surface area contributed by atoms with Gasteiger partial charge in [0.2, 0.25) is 0 Å². The molecule has 0 saturated heterocycles. The van der Waals surface area contributed by atoms with Gasteiger partial charge in [-0.2, -0.15) is 0 Å². The number of nitrogens with zero attached hydrogens (tertiary/aromatic N) is 1. The Hall–Kier alpha value is -2.07. The van der Waals surface area contributed by atoms with Gasteiger partial charge < -0.3 is 15.5 Å². The summed E-state index contributed by atoms with van der Waals surface area (Å²) in [6.07, 6.45) is 0. The van der Waals surface area contributed by atoms with E-state index in [2.05, 4.69) is 51.9 Å². The number of anilines is 1. The summed E-state index contributed by atoms with van der Waals surface area (Å²) in [6.45, 7) is 1.47. The highest BCUT2D eigenvalue weighted by molar-refractivity contribution is 7.80. The van der Waals surface area contributed by atoms with E-state index < -0.39 is 0 Å². The van der Waals surface area contributed by atoms with Crippen LogP contribution in [0, 0.1) is 0 Å².